The fourth-order valence-electron chi connectivity index (χ4n) is 2.47. The molecule has 5 nitrogen and oxygen atoms in total. The molecule has 0 aliphatic heterocycles. The summed E-state index contributed by atoms with van der Waals surface area (Å²) in [5.41, 5.74) is 4.21. The number of rotatable bonds is 6. The van der Waals surface area contributed by atoms with E-state index in [4.69, 9.17) is 10.8 Å². The molecule has 0 spiro atoms. The number of anilines is 2. The molecule has 2 aliphatic carbocycles. The number of nitrogens with one attached hydrogen (secondary N) is 2. The largest absolute Gasteiger partial charge is 0.369 e. The smallest absolute Gasteiger partial charge is 0.148 e. The van der Waals surface area contributed by atoms with Gasteiger partial charge < -0.3 is 10.7 Å². The van der Waals surface area contributed by atoms with Crippen molar-refractivity contribution in [3.05, 3.63) is 11.4 Å². The van der Waals surface area contributed by atoms with Gasteiger partial charge in [0.1, 0.15) is 17.5 Å². The minimum absolute atomic E-state index is 0.507. The van der Waals surface area contributed by atoms with Gasteiger partial charge >= 0.3 is 0 Å². The average molecular weight is 261 g/mol. The molecule has 0 saturated heterocycles. The van der Waals surface area contributed by atoms with Crippen LogP contribution in [0.25, 0.3) is 0 Å². The maximum atomic E-state index is 5.56. The van der Waals surface area contributed by atoms with Crippen LogP contribution in [-0.2, 0) is 0 Å². The van der Waals surface area contributed by atoms with E-state index in [-0.39, 0.29) is 0 Å². The first-order valence-corrected chi connectivity index (χ1v) is 7.26. The third-order valence-corrected chi connectivity index (χ3v) is 4.58. The lowest BCUT2D eigenvalue weighted by Crippen LogP contribution is -2.19. The predicted octanol–water partition coefficient (Wildman–Crippen LogP) is 2.55. The van der Waals surface area contributed by atoms with Crippen LogP contribution in [-0.4, -0.2) is 16.5 Å². The lowest BCUT2D eigenvalue weighted by Gasteiger charge is -2.17. The summed E-state index contributed by atoms with van der Waals surface area (Å²) in [4.78, 5) is 9.20. The Morgan fingerprint density at radius 3 is 2.47 bits per heavy atom. The molecule has 1 aromatic heterocycles. The number of hydrogen-bond acceptors (Lipinski definition) is 5. The summed E-state index contributed by atoms with van der Waals surface area (Å²) in [5, 5.41) is 3.52. The highest BCUT2D eigenvalue weighted by molar-refractivity contribution is 5.57. The van der Waals surface area contributed by atoms with Gasteiger partial charge in [0.05, 0.1) is 0 Å². The van der Waals surface area contributed by atoms with E-state index in [2.05, 4.69) is 22.7 Å². The number of hydrogen-bond donors (Lipinski definition) is 3. The first kappa shape index (κ1) is 12.7. The second-order valence-corrected chi connectivity index (χ2v) is 6.03. The zero-order valence-corrected chi connectivity index (χ0v) is 11.8. The van der Waals surface area contributed by atoms with Gasteiger partial charge in [0.2, 0.25) is 0 Å². The fraction of sp³-hybridized carbons (Fsp3) is 0.714. The summed E-state index contributed by atoms with van der Waals surface area (Å²) in [6, 6.07) is 0. The standard InChI is InChI=1S/C14H23N5/c1-3-14(6-7-14)8-16-11-9(2)12(19-15)18-13(17-11)10-4-5-10/h10H,3-8,15H2,1-2H3,(H2,16,17,18,19). The van der Waals surface area contributed by atoms with Crippen molar-refractivity contribution in [2.75, 3.05) is 17.3 Å². The highest BCUT2D eigenvalue weighted by Crippen LogP contribution is 2.48. The molecule has 0 amide bonds. The van der Waals surface area contributed by atoms with Crippen LogP contribution >= 0.6 is 0 Å². The van der Waals surface area contributed by atoms with Crippen molar-refractivity contribution >= 4 is 11.6 Å². The van der Waals surface area contributed by atoms with E-state index in [1.54, 1.807) is 0 Å². The molecule has 0 bridgehead atoms. The van der Waals surface area contributed by atoms with Crippen molar-refractivity contribution in [2.45, 2.75) is 51.9 Å². The molecule has 104 valence electrons. The second kappa shape index (κ2) is 4.63. The van der Waals surface area contributed by atoms with Crippen molar-refractivity contribution in [3.63, 3.8) is 0 Å². The van der Waals surface area contributed by atoms with Crippen LogP contribution in [0.2, 0.25) is 0 Å². The Kier molecular flexibility index (Phi) is 3.09. The first-order valence-electron chi connectivity index (χ1n) is 7.26. The third-order valence-electron chi connectivity index (χ3n) is 4.58. The lowest BCUT2D eigenvalue weighted by atomic mass is 10.0. The monoisotopic (exact) mass is 261 g/mol. The molecule has 0 aromatic carbocycles. The zero-order valence-electron chi connectivity index (χ0n) is 11.8. The van der Waals surface area contributed by atoms with E-state index in [0.29, 0.717) is 11.3 Å². The van der Waals surface area contributed by atoms with Crippen LogP contribution in [0.1, 0.15) is 56.3 Å². The molecule has 0 unspecified atom stereocenters. The highest BCUT2D eigenvalue weighted by Gasteiger charge is 2.40. The van der Waals surface area contributed by atoms with Crippen molar-refractivity contribution in [2.24, 2.45) is 11.3 Å². The SMILES string of the molecule is CCC1(CNc2nc(C3CC3)nc(NN)c2C)CC1. The van der Waals surface area contributed by atoms with E-state index in [1.165, 1.54) is 32.1 Å². The number of hydrazine groups is 1. The number of nitrogen functional groups attached to an aromatic ring is 1. The third kappa shape index (κ3) is 2.52. The topological polar surface area (TPSA) is 75.9 Å². The molecule has 2 saturated carbocycles. The minimum Gasteiger partial charge on any atom is -0.369 e. The maximum absolute atomic E-state index is 5.56. The van der Waals surface area contributed by atoms with Crippen LogP contribution in [0.3, 0.4) is 0 Å². The summed E-state index contributed by atoms with van der Waals surface area (Å²) < 4.78 is 0. The van der Waals surface area contributed by atoms with Gasteiger partial charge in [0.15, 0.2) is 0 Å². The van der Waals surface area contributed by atoms with Gasteiger partial charge in [-0.2, -0.15) is 0 Å². The minimum atomic E-state index is 0.507. The van der Waals surface area contributed by atoms with E-state index in [9.17, 15) is 0 Å². The van der Waals surface area contributed by atoms with E-state index < -0.39 is 0 Å². The molecule has 2 aliphatic rings. The molecular formula is C14H23N5. The predicted molar refractivity (Wildman–Crippen MR) is 77.0 cm³/mol. The van der Waals surface area contributed by atoms with Gasteiger partial charge in [-0.05, 0) is 44.4 Å². The molecule has 1 aromatic rings. The summed E-state index contributed by atoms with van der Waals surface area (Å²) in [6.45, 7) is 5.29. The van der Waals surface area contributed by atoms with Crippen LogP contribution in [0.15, 0.2) is 0 Å². The molecule has 5 heteroatoms. The average Bonchev–Trinajstić information content (AvgIpc) is 3.30. The molecule has 19 heavy (non-hydrogen) atoms. The normalized spacial score (nSPS) is 20.2. The Balaban J connectivity index is 1.80. The molecule has 0 atom stereocenters. The highest BCUT2D eigenvalue weighted by atomic mass is 15.3. The van der Waals surface area contributed by atoms with E-state index in [1.807, 2.05) is 6.92 Å². The summed E-state index contributed by atoms with van der Waals surface area (Å²) in [5.74, 6) is 8.73. The zero-order chi connectivity index (χ0) is 13.5. The molecule has 0 radical (unpaired) electrons. The summed E-state index contributed by atoms with van der Waals surface area (Å²) in [7, 11) is 0. The summed E-state index contributed by atoms with van der Waals surface area (Å²) in [6.07, 6.45) is 6.30. The van der Waals surface area contributed by atoms with E-state index in [0.717, 1.165) is 29.6 Å². The fourth-order valence-corrected chi connectivity index (χ4v) is 2.47. The maximum Gasteiger partial charge on any atom is 0.148 e. The van der Waals surface area contributed by atoms with Crippen LogP contribution in [0.4, 0.5) is 11.6 Å². The number of nitrogens with zero attached hydrogens (tertiary/aromatic N) is 2. The molecule has 1 heterocycles. The Hall–Kier alpha value is -1.36. The van der Waals surface area contributed by atoms with Gasteiger partial charge in [0.25, 0.3) is 0 Å². The number of aromatic nitrogens is 2. The van der Waals surface area contributed by atoms with Crippen molar-refractivity contribution in [1.29, 1.82) is 0 Å². The van der Waals surface area contributed by atoms with Crippen LogP contribution in [0, 0.1) is 12.3 Å². The van der Waals surface area contributed by atoms with Gasteiger partial charge in [0, 0.05) is 18.0 Å². The summed E-state index contributed by atoms with van der Waals surface area (Å²) >= 11 is 0. The van der Waals surface area contributed by atoms with Gasteiger partial charge in [-0.1, -0.05) is 6.92 Å². The van der Waals surface area contributed by atoms with Crippen LogP contribution in [0.5, 0.6) is 0 Å². The number of nitrogens with two attached hydrogens (primary N) is 1. The lowest BCUT2D eigenvalue weighted by molar-refractivity contribution is 0.520. The quantitative estimate of drug-likeness (QED) is 0.542. The van der Waals surface area contributed by atoms with Gasteiger partial charge in [-0.15, -0.1) is 0 Å². The van der Waals surface area contributed by atoms with E-state index >= 15 is 0 Å². The van der Waals surface area contributed by atoms with Gasteiger partial charge in [-0.25, -0.2) is 15.8 Å². The molecule has 4 N–H and O–H groups in total. The first-order chi connectivity index (χ1) is 9.17. The van der Waals surface area contributed by atoms with Crippen molar-refractivity contribution < 1.29 is 0 Å². The second-order valence-electron chi connectivity index (χ2n) is 6.03. The molecular weight excluding hydrogens is 238 g/mol. The Labute approximate surface area is 114 Å². The Morgan fingerprint density at radius 1 is 1.26 bits per heavy atom. The molecule has 3 rings (SSSR count). The van der Waals surface area contributed by atoms with Gasteiger partial charge in [-0.3, -0.25) is 0 Å². The molecule has 2 fully saturated rings. The Morgan fingerprint density at radius 2 is 1.95 bits per heavy atom. The van der Waals surface area contributed by atoms with Crippen LogP contribution < -0.4 is 16.6 Å². The van der Waals surface area contributed by atoms with Crippen molar-refractivity contribution in [3.8, 4) is 0 Å². The van der Waals surface area contributed by atoms with Crippen molar-refractivity contribution in [1.82, 2.24) is 9.97 Å². The Bertz CT molecular complexity index is 477.